The first-order chi connectivity index (χ1) is 12.1. The lowest BCUT2D eigenvalue weighted by atomic mass is 10.0. The van der Waals surface area contributed by atoms with Crippen molar-refractivity contribution in [1.29, 1.82) is 0 Å². The summed E-state index contributed by atoms with van der Waals surface area (Å²) in [6, 6.07) is 19.7. The number of hydrogen-bond acceptors (Lipinski definition) is 2. The van der Waals surface area contributed by atoms with Crippen LogP contribution in [-0.4, -0.2) is 14.5 Å². The molecule has 0 saturated carbocycles. The molecule has 1 N–H and O–H groups in total. The van der Waals surface area contributed by atoms with Crippen molar-refractivity contribution in [3.63, 3.8) is 0 Å². The van der Waals surface area contributed by atoms with Gasteiger partial charge in [-0.15, -0.1) is 0 Å². The molecule has 0 saturated heterocycles. The first-order valence-corrected chi connectivity index (χ1v) is 8.51. The minimum Gasteiger partial charge on any atom is -0.389 e. The second-order valence-electron chi connectivity index (χ2n) is 6.12. The molecule has 124 valence electrons. The monoisotopic (exact) mass is 348 g/mol. The molecule has 2 heterocycles. The Bertz CT molecular complexity index is 1040. The number of aliphatic hydroxyl groups is 1. The molecule has 3 nitrogen and oxygen atoms in total. The molecule has 0 aliphatic carbocycles. The quantitative estimate of drug-likeness (QED) is 0.540. The molecule has 1 atom stereocenters. The number of imidazole rings is 1. The summed E-state index contributed by atoms with van der Waals surface area (Å²) in [4.78, 5) is 4.67. The fraction of sp³-hybridized carbons (Fsp3) is 0.0952. The van der Waals surface area contributed by atoms with Crippen molar-refractivity contribution < 1.29 is 5.11 Å². The third-order valence-electron chi connectivity index (χ3n) is 4.29. The minimum atomic E-state index is -0.478. The minimum absolute atomic E-state index is 0.478. The zero-order chi connectivity index (χ0) is 17.4. The van der Waals surface area contributed by atoms with Gasteiger partial charge in [-0.3, -0.25) is 0 Å². The van der Waals surface area contributed by atoms with Crippen LogP contribution in [0.3, 0.4) is 0 Å². The molecule has 4 rings (SSSR count). The standard InChI is InChI=1S/C21H17ClN2O/c1-14(25)16-3-2-4-17(11-16)18-7-10-21-23-20(13-24(21)12-18)15-5-8-19(22)9-6-15/h2-14,25H,1H3. The first kappa shape index (κ1) is 15.9. The van der Waals surface area contributed by atoms with Crippen molar-refractivity contribution in [3.8, 4) is 22.4 Å². The Kier molecular flexibility index (Phi) is 4.04. The lowest BCUT2D eigenvalue weighted by molar-refractivity contribution is 0.199. The van der Waals surface area contributed by atoms with Crippen molar-refractivity contribution in [1.82, 2.24) is 9.38 Å². The van der Waals surface area contributed by atoms with E-state index in [4.69, 9.17) is 11.6 Å². The number of aliphatic hydroxyl groups excluding tert-OH is 1. The van der Waals surface area contributed by atoms with Gasteiger partial charge in [0.1, 0.15) is 5.65 Å². The predicted octanol–water partition coefficient (Wildman–Crippen LogP) is 5.38. The summed E-state index contributed by atoms with van der Waals surface area (Å²) in [5.74, 6) is 0. The van der Waals surface area contributed by atoms with E-state index in [1.54, 1.807) is 6.92 Å². The Morgan fingerprint density at radius 1 is 0.920 bits per heavy atom. The Labute approximate surface area is 151 Å². The molecule has 4 aromatic rings. The number of hydrogen-bond donors (Lipinski definition) is 1. The molecule has 0 radical (unpaired) electrons. The summed E-state index contributed by atoms with van der Waals surface area (Å²) in [6.45, 7) is 1.77. The molecule has 25 heavy (non-hydrogen) atoms. The maximum absolute atomic E-state index is 9.79. The Hall–Kier alpha value is -2.62. The summed E-state index contributed by atoms with van der Waals surface area (Å²) in [6.07, 6.45) is 3.59. The summed E-state index contributed by atoms with van der Waals surface area (Å²) in [7, 11) is 0. The van der Waals surface area contributed by atoms with Gasteiger partial charge in [0, 0.05) is 23.0 Å². The van der Waals surface area contributed by atoms with Crippen molar-refractivity contribution in [2.24, 2.45) is 0 Å². The van der Waals surface area contributed by atoms with E-state index < -0.39 is 6.10 Å². The summed E-state index contributed by atoms with van der Waals surface area (Å²) < 4.78 is 2.02. The molecular formula is C21H17ClN2O. The third-order valence-corrected chi connectivity index (χ3v) is 4.55. The second-order valence-corrected chi connectivity index (χ2v) is 6.55. The van der Waals surface area contributed by atoms with Crippen molar-refractivity contribution >= 4 is 17.2 Å². The first-order valence-electron chi connectivity index (χ1n) is 8.13. The van der Waals surface area contributed by atoms with E-state index in [9.17, 15) is 5.11 Å². The molecule has 0 aliphatic heterocycles. The molecule has 0 spiro atoms. The number of rotatable bonds is 3. The van der Waals surface area contributed by atoms with Gasteiger partial charge in [-0.1, -0.05) is 41.9 Å². The van der Waals surface area contributed by atoms with Gasteiger partial charge in [-0.05, 0) is 53.9 Å². The molecule has 2 aromatic carbocycles. The van der Waals surface area contributed by atoms with Crippen LogP contribution in [0.5, 0.6) is 0 Å². The molecular weight excluding hydrogens is 332 g/mol. The highest BCUT2D eigenvalue weighted by molar-refractivity contribution is 6.30. The highest BCUT2D eigenvalue weighted by atomic mass is 35.5. The molecule has 0 amide bonds. The predicted molar refractivity (Wildman–Crippen MR) is 102 cm³/mol. The molecule has 4 heteroatoms. The highest BCUT2D eigenvalue weighted by Gasteiger charge is 2.07. The Balaban J connectivity index is 1.75. The number of pyridine rings is 1. The normalized spacial score (nSPS) is 12.4. The van der Waals surface area contributed by atoms with Gasteiger partial charge in [-0.25, -0.2) is 4.98 Å². The summed E-state index contributed by atoms with van der Waals surface area (Å²) in [5.41, 5.74) is 5.89. The van der Waals surface area contributed by atoms with Crippen molar-refractivity contribution in [2.75, 3.05) is 0 Å². The lowest BCUT2D eigenvalue weighted by Crippen LogP contribution is -1.91. The number of nitrogens with zero attached hydrogens (tertiary/aromatic N) is 2. The molecule has 0 aliphatic rings. The van der Waals surface area contributed by atoms with E-state index >= 15 is 0 Å². The Morgan fingerprint density at radius 2 is 1.68 bits per heavy atom. The van der Waals surface area contributed by atoms with Gasteiger partial charge in [0.15, 0.2) is 0 Å². The van der Waals surface area contributed by atoms with Crippen LogP contribution < -0.4 is 0 Å². The number of halogens is 1. The van der Waals surface area contributed by atoms with Gasteiger partial charge >= 0.3 is 0 Å². The van der Waals surface area contributed by atoms with Crippen molar-refractivity contribution in [2.45, 2.75) is 13.0 Å². The second kappa shape index (κ2) is 6.36. The maximum Gasteiger partial charge on any atom is 0.137 e. The van der Waals surface area contributed by atoms with E-state index in [0.717, 1.165) is 33.6 Å². The SMILES string of the molecule is CC(O)c1cccc(-c2ccc3nc(-c4ccc(Cl)cc4)cn3c2)c1. The average Bonchev–Trinajstić information content (AvgIpc) is 3.05. The third kappa shape index (κ3) is 3.16. The van der Waals surface area contributed by atoms with Crippen LogP contribution in [0.25, 0.3) is 28.0 Å². The molecule has 2 aromatic heterocycles. The van der Waals surface area contributed by atoms with Crippen LogP contribution >= 0.6 is 11.6 Å². The van der Waals surface area contributed by atoms with Gasteiger partial charge in [-0.2, -0.15) is 0 Å². The largest absolute Gasteiger partial charge is 0.389 e. The van der Waals surface area contributed by atoms with Crippen LogP contribution in [0.4, 0.5) is 0 Å². The summed E-state index contributed by atoms with van der Waals surface area (Å²) >= 11 is 5.96. The van der Waals surface area contributed by atoms with Crippen LogP contribution in [0.1, 0.15) is 18.6 Å². The lowest BCUT2D eigenvalue weighted by Gasteiger charge is -2.08. The molecule has 1 unspecified atom stereocenters. The fourth-order valence-electron chi connectivity index (χ4n) is 2.90. The Morgan fingerprint density at radius 3 is 2.44 bits per heavy atom. The smallest absolute Gasteiger partial charge is 0.137 e. The van der Waals surface area contributed by atoms with E-state index in [1.165, 1.54) is 0 Å². The average molecular weight is 349 g/mol. The van der Waals surface area contributed by atoms with Gasteiger partial charge in [0.2, 0.25) is 0 Å². The topological polar surface area (TPSA) is 37.5 Å². The van der Waals surface area contributed by atoms with Gasteiger partial charge < -0.3 is 9.51 Å². The van der Waals surface area contributed by atoms with Crippen LogP contribution in [0.15, 0.2) is 73.1 Å². The van der Waals surface area contributed by atoms with E-state index in [1.807, 2.05) is 65.2 Å². The number of benzene rings is 2. The van der Waals surface area contributed by atoms with E-state index in [2.05, 4.69) is 17.2 Å². The molecule has 0 bridgehead atoms. The van der Waals surface area contributed by atoms with Crippen LogP contribution in [-0.2, 0) is 0 Å². The zero-order valence-electron chi connectivity index (χ0n) is 13.7. The van der Waals surface area contributed by atoms with Gasteiger partial charge in [0.05, 0.1) is 11.8 Å². The highest BCUT2D eigenvalue weighted by Crippen LogP contribution is 2.26. The summed E-state index contributed by atoms with van der Waals surface area (Å²) in [5, 5.41) is 10.5. The van der Waals surface area contributed by atoms with E-state index in [-0.39, 0.29) is 0 Å². The number of aromatic nitrogens is 2. The van der Waals surface area contributed by atoms with Gasteiger partial charge in [0.25, 0.3) is 0 Å². The zero-order valence-corrected chi connectivity index (χ0v) is 14.5. The van der Waals surface area contributed by atoms with E-state index in [0.29, 0.717) is 5.02 Å². The molecule has 0 fully saturated rings. The fourth-order valence-corrected chi connectivity index (χ4v) is 3.03. The number of fused-ring (bicyclic) bond motifs is 1. The van der Waals surface area contributed by atoms with Crippen LogP contribution in [0.2, 0.25) is 5.02 Å². The van der Waals surface area contributed by atoms with Crippen LogP contribution in [0, 0.1) is 0 Å². The maximum atomic E-state index is 9.79. The van der Waals surface area contributed by atoms with Crippen molar-refractivity contribution in [3.05, 3.63) is 83.6 Å².